The van der Waals surface area contributed by atoms with Crippen molar-refractivity contribution >= 4 is 16.9 Å². The number of halogens is 1. The van der Waals surface area contributed by atoms with Gasteiger partial charge < -0.3 is 4.90 Å². The lowest BCUT2D eigenvalue weighted by molar-refractivity contribution is 0.626. The Hall–Kier alpha value is -2.09. The van der Waals surface area contributed by atoms with E-state index in [1.54, 1.807) is 6.07 Å². The van der Waals surface area contributed by atoms with E-state index in [1.165, 1.54) is 17.3 Å². The largest absolute Gasteiger partial charge is 0.333 e. The van der Waals surface area contributed by atoms with Gasteiger partial charge in [0.1, 0.15) is 5.82 Å². The van der Waals surface area contributed by atoms with E-state index in [-0.39, 0.29) is 11.9 Å². The van der Waals surface area contributed by atoms with Gasteiger partial charge in [-0.2, -0.15) is 0 Å². The van der Waals surface area contributed by atoms with Crippen molar-refractivity contribution in [3.63, 3.8) is 0 Å². The zero-order chi connectivity index (χ0) is 14.3. The standard InChI is InChI=1S/C18H18FN/c1-4-16-13(3)15-7-5-6-8-18(15)20(16)17-10-9-14(19)11-12(17)2/h5-11,16H,3-4H2,1-2H3. The van der Waals surface area contributed by atoms with E-state index >= 15 is 0 Å². The van der Waals surface area contributed by atoms with Gasteiger partial charge in [-0.15, -0.1) is 0 Å². The average Bonchev–Trinajstić information content (AvgIpc) is 2.72. The average molecular weight is 267 g/mol. The lowest BCUT2D eigenvalue weighted by Crippen LogP contribution is -2.26. The van der Waals surface area contributed by atoms with Crippen LogP contribution >= 0.6 is 0 Å². The van der Waals surface area contributed by atoms with E-state index in [1.807, 2.05) is 25.1 Å². The number of benzene rings is 2. The molecule has 1 aliphatic rings. The van der Waals surface area contributed by atoms with Gasteiger partial charge in [-0.3, -0.25) is 0 Å². The molecule has 2 aromatic rings. The van der Waals surface area contributed by atoms with E-state index in [2.05, 4.69) is 30.5 Å². The van der Waals surface area contributed by atoms with E-state index in [0.717, 1.165) is 23.2 Å². The summed E-state index contributed by atoms with van der Waals surface area (Å²) in [6.07, 6.45) is 0.977. The van der Waals surface area contributed by atoms with E-state index in [9.17, 15) is 4.39 Å². The van der Waals surface area contributed by atoms with Crippen LogP contribution in [0.15, 0.2) is 49.0 Å². The number of aryl methyl sites for hydroxylation is 1. The molecule has 0 saturated carbocycles. The molecule has 0 aromatic heterocycles. The van der Waals surface area contributed by atoms with Crippen molar-refractivity contribution in [3.05, 3.63) is 66.0 Å². The van der Waals surface area contributed by atoms with Gasteiger partial charge in [0, 0.05) is 16.9 Å². The molecule has 1 unspecified atom stereocenters. The summed E-state index contributed by atoms with van der Waals surface area (Å²) in [5.74, 6) is -0.189. The zero-order valence-corrected chi connectivity index (χ0v) is 11.9. The van der Waals surface area contributed by atoms with Gasteiger partial charge in [0.15, 0.2) is 0 Å². The fourth-order valence-electron chi connectivity index (χ4n) is 3.07. The fraction of sp³-hybridized carbons (Fsp3) is 0.222. The Morgan fingerprint density at radius 3 is 2.60 bits per heavy atom. The van der Waals surface area contributed by atoms with Crippen LogP contribution in [0.2, 0.25) is 0 Å². The third-order valence-corrected chi connectivity index (χ3v) is 4.03. The van der Waals surface area contributed by atoms with Crippen molar-refractivity contribution in [2.45, 2.75) is 26.3 Å². The second-order valence-corrected chi connectivity index (χ2v) is 5.27. The topological polar surface area (TPSA) is 3.24 Å². The minimum absolute atomic E-state index is 0.189. The summed E-state index contributed by atoms with van der Waals surface area (Å²) in [7, 11) is 0. The number of nitrogens with zero attached hydrogens (tertiary/aromatic N) is 1. The van der Waals surface area contributed by atoms with Crippen LogP contribution in [-0.4, -0.2) is 6.04 Å². The first-order chi connectivity index (χ1) is 9.63. The van der Waals surface area contributed by atoms with Crippen LogP contribution in [0.3, 0.4) is 0 Å². The van der Waals surface area contributed by atoms with Crippen LogP contribution in [0.4, 0.5) is 15.8 Å². The van der Waals surface area contributed by atoms with Gasteiger partial charge in [-0.05, 0) is 48.7 Å². The first-order valence-corrected chi connectivity index (χ1v) is 6.97. The molecule has 0 N–H and O–H groups in total. The van der Waals surface area contributed by atoms with Crippen molar-refractivity contribution in [2.75, 3.05) is 4.90 Å². The Balaban J connectivity index is 2.18. The van der Waals surface area contributed by atoms with Gasteiger partial charge in [0.25, 0.3) is 0 Å². The van der Waals surface area contributed by atoms with Crippen molar-refractivity contribution in [2.24, 2.45) is 0 Å². The highest BCUT2D eigenvalue weighted by Gasteiger charge is 2.32. The molecular formula is C18H18FN. The molecule has 0 fully saturated rings. The summed E-state index contributed by atoms with van der Waals surface area (Å²) in [5.41, 5.74) is 5.52. The van der Waals surface area contributed by atoms with Crippen molar-refractivity contribution < 1.29 is 4.39 Å². The van der Waals surface area contributed by atoms with Crippen molar-refractivity contribution in [1.29, 1.82) is 0 Å². The molecule has 102 valence electrons. The van der Waals surface area contributed by atoms with Crippen LogP contribution in [0.5, 0.6) is 0 Å². The number of fused-ring (bicyclic) bond motifs is 1. The summed E-state index contributed by atoms with van der Waals surface area (Å²) in [6.45, 7) is 8.37. The third-order valence-electron chi connectivity index (χ3n) is 4.03. The van der Waals surface area contributed by atoms with Gasteiger partial charge >= 0.3 is 0 Å². The molecule has 20 heavy (non-hydrogen) atoms. The van der Waals surface area contributed by atoms with Crippen LogP contribution in [0.25, 0.3) is 5.57 Å². The number of para-hydroxylation sites is 1. The maximum Gasteiger partial charge on any atom is 0.123 e. The molecular weight excluding hydrogens is 249 g/mol. The Labute approximate surface area is 119 Å². The molecule has 0 spiro atoms. The second kappa shape index (κ2) is 4.78. The maximum atomic E-state index is 13.3. The second-order valence-electron chi connectivity index (χ2n) is 5.27. The molecule has 0 aliphatic carbocycles. The van der Waals surface area contributed by atoms with Crippen molar-refractivity contribution in [1.82, 2.24) is 0 Å². The molecule has 1 heterocycles. The Bertz CT molecular complexity index is 675. The normalized spacial score (nSPS) is 17.4. The van der Waals surface area contributed by atoms with Crippen molar-refractivity contribution in [3.8, 4) is 0 Å². The first kappa shape index (κ1) is 12.9. The summed E-state index contributed by atoms with van der Waals surface area (Å²) < 4.78 is 13.3. The summed E-state index contributed by atoms with van der Waals surface area (Å²) >= 11 is 0. The van der Waals surface area contributed by atoms with Gasteiger partial charge in [-0.1, -0.05) is 31.7 Å². The highest BCUT2D eigenvalue weighted by molar-refractivity contribution is 5.91. The van der Waals surface area contributed by atoms with Crippen LogP contribution < -0.4 is 4.90 Å². The zero-order valence-electron chi connectivity index (χ0n) is 11.9. The first-order valence-electron chi connectivity index (χ1n) is 6.97. The van der Waals surface area contributed by atoms with E-state index in [4.69, 9.17) is 0 Å². The molecule has 2 aromatic carbocycles. The Morgan fingerprint density at radius 2 is 1.90 bits per heavy atom. The molecule has 1 atom stereocenters. The molecule has 0 radical (unpaired) electrons. The summed E-state index contributed by atoms with van der Waals surface area (Å²) in [4.78, 5) is 2.28. The van der Waals surface area contributed by atoms with E-state index < -0.39 is 0 Å². The minimum Gasteiger partial charge on any atom is -0.333 e. The predicted octanol–water partition coefficient (Wildman–Crippen LogP) is 5.08. The molecule has 0 saturated heterocycles. The van der Waals surface area contributed by atoms with Crippen LogP contribution in [0.1, 0.15) is 24.5 Å². The maximum absolute atomic E-state index is 13.3. The molecule has 2 heteroatoms. The molecule has 0 bridgehead atoms. The van der Waals surface area contributed by atoms with Crippen LogP contribution in [-0.2, 0) is 0 Å². The van der Waals surface area contributed by atoms with Gasteiger partial charge in [0.05, 0.1) is 6.04 Å². The number of rotatable bonds is 2. The van der Waals surface area contributed by atoms with Gasteiger partial charge in [0.2, 0.25) is 0 Å². The third kappa shape index (κ3) is 1.83. The molecule has 0 amide bonds. The molecule has 1 aliphatic heterocycles. The van der Waals surface area contributed by atoms with Gasteiger partial charge in [-0.25, -0.2) is 4.39 Å². The monoisotopic (exact) mass is 267 g/mol. The SMILES string of the molecule is C=C1c2ccccc2N(c2ccc(F)cc2C)C1CC. The predicted molar refractivity (Wildman–Crippen MR) is 82.8 cm³/mol. The highest BCUT2D eigenvalue weighted by Crippen LogP contribution is 2.45. The highest BCUT2D eigenvalue weighted by atomic mass is 19.1. The number of hydrogen-bond acceptors (Lipinski definition) is 1. The Kier molecular flexibility index (Phi) is 3.09. The quantitative estimate of drug-likeness (QED) is 0.733. The minimum atomic E-state index is -0.189. The smallest absolute Gasteiger partial charge is 0.123 e. The summed E-state index contributed by atoms with van der Waals surface area (Å²) in [6, 6.07) is 13.5. The molecule has 3 rings (SSSR count). The molecule has 1 nitrogen and oxygen atoms in total. The lowest BCUT2D eigenvalue weighted by atomic mass is 10.0. The van der Waals surface area contributed by atoms with E-state index in [0.29, 0.717) is 0 Å². The Morgan fingerprint density at radius 1 is 1.15 bits per heavy atom. The van der Waals surface area contributed by atoms with Crippen LogP contribution in [0, 0.1) is 12.7 Å². The lowest BCUT2D eigenvalue weighted by Gasteiger charge is -2.28. The fourth-order valence-corrected chi connectivity index (χ4v) is 3.07. The summed E-state index contributed by atoms with van der Waals surface area (Å²) in [5, 5.41) is 0. The number of hydrogen-bond donors (Lipinski definition) is 0. The number of anilines is 2.